The molecular weight excluding hydrogens is 358 g/mol. The highest BCUT2D eigenvalue weighted by Crippen LogP contribution is 2.23. The summed E-state index contributed by atoms with van der Waals surface area (Å²) >= 11 is 0. The molecule has 1 aromatic carbocycles. The number of hydrogen-bond donors (Lipinski definition) is 2. The van der Waals surface area contributed by atoms with E-state index in [2.05, 4.69) is 21.6 Å². The van der Waals surface area contributed by atoms with E-state index in [1.165, 1.54) is 11.1 Å². The maximum atomic E-state index is 12.2. The summed E-state index contributed by atoms with van der Waals surface area (Å²) in [4.78, 5) is 26.0. The van der Waals surface area contributed by atoms with Gasteiger partial charge in [0.15, 0.2) is 0 Å². The zero-order chi connectivity index (χ0) is 19.8. The first-order valence-corrected chi connectivity index (χ1v) is 10.3. The number of carbonyl (C=O) groups is 2. The van der Waals surface area contributed by atoms with Crippen molar-refractivity contribution in [3.63, 3.8) is 0 Å². The van der Waals surface area contributed by atoms with Crippen LogP contribution in [0.3, 0.4) is 0 Å². The van der Waals surface area contributed by atoms with Crippen LogP contribution in [-0.2, 0) is 32.0 Å². The third kappa shape index (κ3) is 6.29. The summed E-state index contributed by atoms with van der Waals surface area (Å²) in [6.45, 7) is 6.64. The topological polar surface area (TPSA) is 79.9 Å². The van der Waals surface area contributed by atoms with Crippen molar-refractivity contribution in [3.8, 4) is 0 Å². The summed E-state index contributed by atoms with van der Waals surface area (Å²) in [5.74, 6) is -0.267. The standard InChI is InChI=1S/C21H31N3O4/c1-2-27-21(26)8-12-24-11-7-16-3-4-18(13-17(16)14-24)23-20(25)15-28-19-5-9-22-10-6-19/h3-4,13,19,22H,2,5-12,14-15H2,1H3,(H,23,25). The van der Waals surface area contributed by atoms with Crippen molar-refractivity contribution >= 4 is 17.6 Å². The molecule has 0 bridgehead atoms. The number of hydrogen-bond acceptors (Lipinski definition) is 6. The van der Waals surface area contributed by atoms with E-state index in [-0.39, 0.29) is 24.6 Å². The first-order valence-electron chi connectivity index (χ1n) is 10.3. The van der Waals surface area contributed by atoms with Crippen LogP contribution >= 0.6 is 0 Å². The predicted octanol–water partition coefficient (Wildman–Crippen LogP) is 1.71. The molecule has 1 aromatic rings. The molecule has 0 aromatic heterocycles. The van der Waals surface area contributed by atoms with Crippen LogP contribution < -0.4 is 10.6 Å². The first-order chi connectivity index (χ1) is 13.6. The van der Waals surface area contributed by atoms with Gasteiger partial charge in [-0.1, -0.05) is 6.07 Å². The van der Waals surface area contributed by atoms with E-state index in [1.807, 2.05) is 19.1 Å². The summed E-state index contributed by atoms with van der Waals surface area (Å²) in [6, 6.07) is 6.07. The SMILES string of the molecule is CCOC(=O)CCN1CCc2ccc(NC(=O)COC3CCNCC3)cc2C1. The number of benzene rings is 1. The van der Waals surface area contributed by atoms with Crippen LogP contribution in [0.2, 0.25) is 0 Å². The minimum Gasteiger partial charge on any atom is -0.466 e. The maximum absolute atomic E-state index is 12.2. The smallest absolute Gasteiger partial charge is 0.307 e. The summed E-state index contributed by atoms with van der Waals surface area (Å²) in [5.41, 5.74) is 3.30. The summed E-state index contributed by atoms with van der Waals surface area (Å²) < 4.78 is 10.7. The largest absolute Gasteiger partial charge is 0.466 e. The normalized spacial score (nSPS) is 17.8. The monoisotopic (exact) mass is 389 g/mol. The number of amides is 1. The Morgan fingerprint density at radius 3 is 2.86 bits per heavy atom. The Morgan fingerprint density at radius 1 is 1.25 bits per heavy atom. The van der Waals surface area contributed by atoms with Crippen molar-refractivity contribution in [2.24, 2.45) is 0 Å². The third-order valence-electron chi connectivity index (χ3n) is 5.26. The first kappa shape index (κ1) is 20.8. The van der Waals surface area contributed by atoms with Crippen LogP contribution in [0.1, 0.15) is 37.3 Å². The fraction of sp³-hybridized carbons (Fsp3) is 0.619. The molecule has 2 heterocycles. The molecule has 154 valence electrons. The van der Waals surface area contributed by atoms with Gasteiger partial charge in [-0.3, -0.25) is 14.5 Å². The molecule has 3 rings (SSSR count). The number of rotatable bonds is 8. The number of carbonyl (C=O) groups excluding carboxylic acids is 2. The van der Waals surface area contributed by atoms with Gasteiger partial charge in [0.2, 0.25) is 5.91 Å². The number of piperidine rings is 1. The van der Waals surface area contributed by atoms with Gasteiger partial charge >= 0.3 is 5.97 Å². The van der Waals surface area contributed by atoms with E-state index < -0.39 is 0 Å². The minimum absolute atomic E-state index is 0.0907. The Balaban J connectivity index is 1.47. The average molecular weight is 389 g/mol. The molecule has 2 N–H and O–H groups in total. The average Bonchev–Trinajstić information content (AvgIpc) is 2.71. The zero-order valence-corrected chi connectivity index (χ0v) is 16.7. The second-order valence-corrected chi connectivity index (χ2v) is 7.37. The van der Waals surface area contributed by atoms with Gasteiger partial charge < -0.3 is 20.1 Å². The highest BCUT2D eigenvalue weighted by molar-refractivity contribution is 5.91. The second kappa shape index (κ2) is 10.5. The lowest BCUT2D eigenvalue weighted by Crippen LogP contribution is -2.34. The van der Waals surface area contributed by atoms with Crippen molar-refractivity contribution in [3.05, 3.63) is 29.3 Å². The lowest BCUT2D eigenvalue weighted by molar-refractivity contribution is -0.143. The van der Waals surface area contributed by atoms with Crippen LogP contribution in [0.4, 0.5) is 5.69 Å². The maximum Gasteiger partial charge on any atom is 0.307 e. The Morgan fingerprint density at radius 2 is 2.07 bits per heavy atom. The number of nitrogens with zero attached hydrogens (tertiary/aromatic N) is 1. The molecule has 0 aliphatic carbocycles. The number of nitrogens with one attached hydrogen (secondary N) is 2. The fourth-order valence-electron chi connectivity index (χ4n) is 3.72. The molecule has 0 unspecified atom stereocenters. The van der Waals surface area contributed by atoms with Crippen LogP contribution in [0.5, 0.6) is 0 Å². The zero-order valence-electron chi connectivity index (χ0n) is 16.7. The molecule has 7 heteroatoms. The van der Waals surface area contributed by atoms with Crippen molar-refractivity contribution in [1.29, 1.82) is 0 Å². The summed E-state index contributed by atoms with van der Waals surface area (Å²) in [5, 5.41) is 6.23. The van der Waals surface area contributed by atoms with Gasteiger partial charge in [0, 0.05) is 25.3 Å². The molecule has 1 amide bonds. The van der Waals surface area contributed by atoms with E-state index >= 15 is 0 Å². The van der Waals surface area contributed by atoms with Crippen LogP contribution in [0, 0.1) is 0 Å². The molecule has 2 aliphatic heterocycles. The van der Waals surface area contributed by atoms with E-state index in [4.69, 9.17) is 9.47 Å². The van der Waals surface area contributed by atoms with Crippen LogP contribution in [-0.4, -0.2) is 62.3 Å². The molecule has 2 aliphatic rings. The quantitative estimate of drug-likeness (QED) is 0.659. The van der Waals surface area contributed by atoms with Crippen molar-refractivity contribution in [1.82, 2.24) is 10.2 Å². The van der Waals surface area contributed by atoms with Gasteiger partial charge in [-0.15, -0.1) is 0 Å². The Bertz CT molecular complexity index is 674. The molecule has 0 saturated carbocycles. The van der Waals surface area contributed by atoms with E-state index in [1.54, 1.807) is 0 Å². The molecule has 0 radical (unpaired) electrons. The fourth-order valence-corrected chi connectivity index (χ4v) is 3.72. The van der Waals surface area contributed by atoms with Gasteiger partial charge in [-0.05, 0) is 62.5 Å². The Hall–Kier alpha value is -1.96. The van der Waals surface area contributed by atoms with Crippen molar-refractivity contribution in [2.45, 2.75) is 45.3 Å². The molecule has 1 saturated heterocycles. The number of fused-ring (bicyclic) bond motifs is 1. The summed E-state index contributed by atoms with van der Waals surface area (Å²) in [7, 11) is 0. The number of anilines is 1. The second-order valence-electron chi connectivity index (χ2n) is 7.37. The van der Waals surface area contributed by atoms with Gasteiger partial charge in [-0.2, -0.15) is 0 Å². The molecule has 0 spiro atoms. The van der Waals surface area contributed by atoms with Gasteiger partial charge in [0.05, 0.1) is 19.1 Å². The minimum atomic E-state index is -0.150. The van der Waals surface area contributed by atoms with E-state index in [0.29, 0.717) is 19.6 Å². The highest BCUT2D eigenvalue weighted by Gasteiger charge is 2.19. The molecule has 1 fully saturated rings. The number of esters is 1. The van der Waals surface area contributed by atoms with Gasteiger partial charge in [-0.25, -0.2) is 0 Å². The van der Waals surface area contributed by atoms with Crippen LogP contribution in [0.25, 0.3) is 0 Å². The Kier molecular flexibility index (Phi) is 7.82. The molecular formula is C21H31N3O4. The molecule has 7 nitrogen and oxygen atoms in total. The predicted molar refractivity (Wildman–Crippen MR) is 107 cm³/mol. The van der Waals surface area contributed by atoms with E-state index in [0.717, 1.165) is 51.1 Å². The van der Waals surface area contributed by atoms with Gasteiger partial charge in [0.1, 0.15) is 6.61 Å². The highest BCUT2D eigenvalue weighted by atomic mass is 16.5. The lowest BCUT2D eigenvalue weighted by atomic mass is 9.99. The van der Waals surface area contributed by atoms with Crippen molar-refractivity contribution in [2.75, 3.05) is 44.7 Å². The summed E-state index contributed by atoms with van der Waals surface area (Å²) in [6.07, 6.45) is 3.43. The molecule has 28 heavy (non-hydrogen) atoms. The van der Waals surface area contributed by atoms with Gasteiger partial charge in [0.25, 0.3) is 0 Å². The van der Waals surface area contributed by atoms with Crippen LogP contribution in [0.15, 0.2) is 18.2 Å². The number of ether oxygens (including phenoxy) is 2. The van der Waals surface area contributed by atoms with Crippen molar-refractivity contribution < 1.29 is 19.1 Å². The molecule has 0 atom stereocenters. The Labute approximate surface area is 166 Å². The van der Waals surface area contributed by atoms with E-state index in [9.17, 15) is 9.59 Å². The third-order valence-corrected chi connectivity index (χ3v) is 5.26. The lowest BCUT2D eigenvalue weighted by Gasteiger charge is -2.28.